The molecule has 4 rings (SSSR count). The van der Waals surface area contributed by atoms with E-state index in [1.54, 1.807) is 0 Å². The van der Waals surface area contributed by atoms with Gasteiger partial charge in [-0.2, -0.15) is 0 Å². The second-order valence-corrected chi connectivity index (χ2v) is 6.54. The number of ether oxygens (including phenoxy) is 1. The number of morpholine rings is 1. The molecule has 5 heteroatoms. The first-order chi connectivity index (χ1) is 11.7. The highest BCUT2D eigenvalue weighted by Gasteiger charge is 2.29. The molecule has 0 saturated carbocycles. The average Bonchev–Trinajstić information content (AvgIpc) is 3.02. The summed E-state index contributed by atoms with van der Waals surface area (Å²) in [5.41, 5.74) is 2.76. The van der Waals surface area contributed by atoms with Gasteiger partial charge in [0, 0.05) is 19.0 Å². The Kier molecular flexibility index (Phi) is 4.02. The number of amides is 2. The Morgan fingerprint density at radius 2 is 2.17 bits per heavy atom. The summed E-state index contributed by atoms with van der Waals surface area (Å²) in [7, 11) is 0. The largest absolute Gasteiger partial charge is 0.464 e. The molecule has 126 valence electrons. The Balaban J connectivity index is 1.32. The number of rotatable bonds is 3. The Morgan fingerprint density at radius 1 is 1.29 bits per heavy atom. The Hall–Kier alpha value is -2.27. The van der Waals surface area contributed by atoms with Crippen molar-refractivity contribution >= 4 is 6.03 Å². The van der Waals surface area contributed by atoms with Crippen LogP contribution in [-0.2, 0) is 11.2 Å². The molecule has 0 radical (unpaired) electrons. The van der Waals surface area contributed by atoms with E-state index in [9.17, 15) is 4.79 Å². The van der Waals surface area contributed by atoms with E-state index in [4.69, 9.17) is 9.15 Å². The van der Waals surface area contributed by atoms with Gasteiger partial charge in [0.15, 0.2) is 0 Å². The molecular weight excluding hydrogens is 304 g/mol. The third-order valence-electron chi connectivity index (χ3n) is 4.89. The molecule has 2 aliphatic rings. The van der Waals surface area contributed by atoms with Gasteiger partial charge in [-0.1, -0.05) is 24.3 Å². The van der Waals surface area contributed by atoms with Crippen molar-refractivity contribution in [1.82, 2.24) is 10.2 Å². The summed E-state index contributed by atoms with van der Waals surface area (Å²) in [6.45, 7) is 4.28. The molecule has 5 nitrogen and oxygen atoms in total. The van der Waals surface area contributed by atoms with E-state index in [0.29, 0.717) is 32.2 Å². The summed E-state index contributed by atoms with van der Waals surface area (Å²) in [6.07, 6.45) is 0.871. The van der Waals surface area contributed by atoms with Gasteiger partial charge in [-0.3, -0.25) is 0 Å². The maximum Gasteiger partial charge on any atom is 0.317 e. The fourth-order valence-electron chi connectivity index (χ4n) is 3.50. The number of urea groups is 1. The molecule has 1 aromatic carbocycles. The van der Waals surface area contributed by atoms with Crippen molar-refractivity contribution in [2.75, 3.05) is 26.2 Å². The molecule has 0 unspecified atom stereocenters. The summed E-state index contributed by atoms with van der Waals surface area (Å²) in [5.74, 6) is 2.09. The van der Waals surface area contributed by atoms with Crippen molar-refractivity contribution in [3.63, 3.8) is 0 Å². The second-order valence-electron chi connectivity index (χ2n) is 6.54. The maximum atomic E-state index is 12.5. The lowest BCUT2D eigenvalue weighted by atomic mass is 9.78. The van der Waals surface area contributed by atoms with E-state index in [1.165, 1.54) is 11.1 Å². The van der Waals surface area contributed by atoms with Crippen LogP contribution in [0.4, 0.5) is 4.79 Å². The average molecular weight is 326 g/mol. The van der Waals surface area contributed by atoms with E-state index in [1.807, 2.05) is 24.0 Å². The van der Waals surface area contributed by atoms with Gasteiger partial charge in [-0.05, 0) is 36.6 Å². The fourth-order valence-corrected chi connectivity index (χ4v) is 3.50. The topological polar surface area (TPSA) is 54.7 Å². The van der Waals surface area contributed by atoms with E-state index < -0.39 is 0 Å². The minimum absolute atomic E-state index is 0.0176. The standard InChI is InChI=1S/C19H22N2O3/c1-13-6-7-17(24-13)18-12-21(8-9-23-18)19(22)20-11-15-10-14-4-2-3-5-16(14)15/h2-7,15,18H,8-12H2,1H3,(H,20,22)/t15-,18+/m0/s1. The van der Waals surface area contributed by atoms with Gasteiger partial charge in [0.05, 0.1) is 13.2 Å². The molecule has 1 aliphatic heterocycles. The zero-order valence-electron chi connectivity index (χ0n) is 13.8. The lowest BCUT2D eigenvalue weighted by Gasteiger charge is -2.34. The zero-order valence-corrected chi connectivity index (χ0v) is 13.8. The summed E-state index contributed by atoms with van der Waals surface area (Å²) in [4.78, 5) is 14.3. The highest BCUT2D eigenvalue weighted by molar-refractivity contribution is 5.74. The number of nitrogens with one attached hydrogen (secondary N) is 1. The van der Waals surface area contributed by atoms with E-state index in [-0.39, 0.29) is 12.1 Å². The van der Waals surface area contributed by atoms with Gasteiger partial charge in [0.2, 0.25) is 0 Å². The Bertz CT molecular complexity index is 740. The number of carbonyl (C=O) groups excluding carboxylic acids is 1. The molecule has 1 aromatic heterocycles. The first-order valence-corrected chi connectivity index (χ1v) is 8.49. The van der Waals surface area contributed by atoms with Crippen LogP contribution >= 0.6 is 0 Å². The Labute approximate surface area is 141 Å². The predicted octanol–water partition coefficient (Wildman–Crippen LogP) is 3.01. The van der Waals surface area contributed by atoms with Crippen LogP contribution < -0.4 is 5.32 Å². The number of hydrogen-bond acceptors (Lipinski definition) is 3. The molecular formula is C19H22N2O3. The van der Waals surface area contributed by atoms with Gasteiger partial charge >= 0.3 is 6.03 Å². The minimum atomic E-state index is -0.178. The van der Waals surface area contributed by atoms with Crippen LogP contribution in [-0.4, -0.2) is 37.2 Å². The highest BCUT2D eigenvalue weighted by atomic mass is 16.5. The summed E-state index contributed by atoms with van der Waals surface area (Å²) in [5, 5.41) is 3.07. The van der Waals surface area contributed by atoms with Crippen LogP contribution in [0.25, 0.3) is 0 Å². The van der Waals surface area contributed by atoms with Crippen molar-refractivity contribution in [2.45, 2.75) is 25.4 Å². The summed E-state index contributed by atoms with van der Waals surface area (Å²) >= 11 is 0. The predicted molar refractivity (Wildman–Crippen MR) is 90.0 cm³/mol. The van der Waals surface area contributed by atoms with Gasteiger partial charge in [-0.15, -0.1) is 0 Å². The minimum Gasteiger partial charge on any atom is -0.464 e. The first kappa shape index (κ1) is 15.3. The number of carbonyl (C=O) groups is 1. The van der Waals surface area contributed by atoms with Crippen LogP contribution in [0, 0.1) is 6.92 Å². The molecule has 24 heavy (non-hydrogen) atoms. The maximum absolute atomic E-state index is 12.5. The molecule has 0 bridgehead atoms. The fraction of sp³-hybridized carbons (Fsp3) is 0.421. The molecule has 1 aliphatic carbocycles. The normalized spacial score (nSPS) is 22.6. The monoisotopic (exact) mass is 326 g/mol. The van der Waals surface area contributed by atoms with Crippen molar-refractivity contribution in [3.8, 4) is 0 Å². The molecule has 1 fully saturated rings. The number of furan rings is 1. The first-order valence-electron chi connectivity index (χ1n) is 8.49. The number of fused-ring (bicyclic) bond motifs is 1. The lowest BCUT2D eigenvalue weighted by Crippen LogP contribution is -2.48. The third-order valence-corrected chi connectivity index (χ3v) is 4.89. The molecule has 1 N–H and O–H groups in total. The van der Waals surface area contributed by atoms with Gasteiger partial charge in [-0.25, -0.2) is 4.79 Å². The van der Waals surface area contributed by atoms with E-state index in [0.717, 1.165) is 17.9 Å². The van der Waals surface area contributed by atoms with Crippen LogP contribution in [0.2, 0.25) is 0 Å². The second kappa shape index (κ2) is 6.32. The molecule has 2 aromatic rings. The SMILES string of the molecule is Cc1ccc([C@H]2CN(C(=O)NC[C@@H]3Cc4ccccc43)CCO2)o1. The quantitative estimate of drug-likeness (QED) is 0.943. The lowest BCUT2D eigenvalue weighted by molar-refractivity contribution is -0.0263. The highest BCUT2D eigenvalue weighted by Crippen LogP contribution is 2.34. The van der Waals surface area contributed by atoms with Crippen molar-refractivity contribution in [3.05, 3.63) is 59.0 Å². The van der Waals surface area contributed by atoms with Gasteiger partial charge < -0.3 is 19.4 Å². The molecule has 2 heterocycles. The zero-order chi connectivity index (χ0) is 16.5. The van der Waals surface area contributed by atoms with Crippen LogP contribution in [0.5, 0.6) is 0 Å². The van der Waals surface area contributed by atoms with Gasteiger partial charge in [0.1, 0.15) is 17.6 Å². The summed E-state index contributed by atoms with van der Waals surface area (Å²) in [6, 6.07) is 12.3. The Morgan fingerprint density at radius 3 is 2.96 bits per heavy atom. The van der Waals surface area contributed by atoms with E-state index >= 15 is 0 Å². The van der Waals surface area contributed by atoms with Crippen molar-refractivity contribution < 1.29 is 13.9 Å². The van der Waals surface area contributed by atoms with Crippen molar-refractivity contribution in [2.24, 2.45) is 0 Å². The van der Waals surface area contributed by atoms with Crippen LogP contribution in [0.1, 0.15) is 34.7 Å². The molecule has 2 amide bonds. The van der Waals surface area contributed by atoms with Crippen LogP contribution in [0.3, 0.4) is 0 Å². The smallest absolute Gasteiger partial charge is 0.317 e. The number of benzene rings is 1. The molecule has 2 atom stereocenters. The summed E-state index contributed by atoms with van der Waals surface area (Å²) < 4.78 is 11.4. The number of nitrogens with zero attached hydrogens (tertiary/aromatic N) is 1. The molecule has 0 spiro atoms. The van der Waals surface area contributed by atoms with Crippen LogP contribution in [0.15, 0.2) is 40.8 Å². The van der Waals surface area contributed by atoms with E-state index in [2.05, 4.69) is 29.6 Å². The van der Waals surface area contributed by atoms with Gasteiger partial charge in [0.25, 0.3) is 0 Å². The number of aryl methyl sites for hydroxylation is 1. The third kappa shape index (κ3) is 2.91. The molecule has 1 saturated heterocycles. The number of hydrogen-bond donors (Lipinski definition) is 1. The van der Waals surface area contributed by atoms with Crippen molar-refractivity contribution in [1.29, 1.82) is 0 Å².